The average Bonchev–Trinajstić information content (AvgIpc) is 3.39. The summed E-state index contributed by atoms with van der Waals surface area (Å²) in [4.78, 5) is 13.7. The molecule has 1 atom stereocenters. The fraction of sp³-hybridized carbons (Fsp3) is 0.390. The SMILES string of the molecule is CC(C)(O)C1CC(CO[Si](c2ccccc2)(c2ccccc2)C(C)(C)C)(CO[Si](c2ccccc2)(c2ccccc2)C(C)(C)C)OC1=O. The lowest BCUT2D eigenvalue weighted by Gasteiger charge is -2.47. The summed E-state index contributed by atoms with van der Waals surface area (Å²) in [7, 11) is -5.98. The van der Waals surface area contributed by atoms with E-state index in [2.05, 4.69) is 139 Å². The number of carbonyl (C=O) groups is 1. The van der Waals surface area contributed by atoms with Crippen molar-refractivity contribution < 1.29 is 23.5 Å². The summed E-state index contributed by atoms with van der Waals surface area (Å²) in [5, 5.41) is 15.2. The molecule has 7 heteroatoms. The van der Waals surface area contributed by atoms with Crippen LogP contribution >= 0.6 is 0 Å². The first-order valence-electron chi connectivity index (χ1n) is 17.0. The summed E-state index contributed by atoms with van der Waals surface area (Å²) in [6.45, 7) is 17.1. The molecular weight excluding hydrogens is 629 g/mol. The third-order valence-electron chi connectivity index (χ3n) is 9.97. The topological polar surface area (TPSA) is 65.0 Å². The largest absolute Gasteiger partial charge is 0.454 e. The number of cyclic esters (lactones) is 1. The monoisotopic (exact) mass is 680 g/mol. The summed E-state index contributed by atoms with van der Waals surface area (Å²) >= 11 is 0. The van der Waals surface area contributed by atoms with Crippen LogP contribution in [-0.4, -0.2) is 52.1 Å². The summed E-state index contributed by atoms with van der Waals surface area (Å²) in [5.74, 6) is -1.14. The Balaban J connectivity index is 1.65. The van der Waals surface area contributed by atoms with Crippen molar-refractivity contribution >= 4 is 43.4 Å². The van der Waals surface area contributed by atoms with Crippen LogP contribution in [0.5, 0.6) is 0 Å². The van der Waals surface area contributed by atoms with Crippen LogP contribution in [-0.2, 0) is 18.4 Å². The van der Waals surface area contributed by atoms with Gasteiger partial charge >= 0.3 is 5.97 Å². The highest BCUT2D eigenvalue weighted by atomic mass is 28.4. The zero-order valence-electron chi connectivity index (χ0n) is 29.8. The van der Waals surface area contributed by atoms with Gasteiger partial charge in [-0.1, -0.05) is 163 Å². The van der Waals surface area contributed by atoms with Crippen molar-refractivity contribution in [3.8, 4) is 0 Å². The second kappa shape index (κ2) is 13.5. The maximum atomic E-state index is 13.7. The van der Waals surface area contributed by atoms with Crippen LogP contribution < -0.4 is 20.7 Å². The van der Waals surface area contributed by atoms with Gasteiger partial charge in [0.25, 0.3) is 16.6 Å². The molecule has 0 bridgehead atoms. The van der Waals surface area contributed by atoms with Crippen LogP contribution in [0.15, 0.2) is 121 Å². The Bertz CT molecular complexity index is 1460. The number of hydrogen-bond donors (Lipinski definition) is 1. The Morgan fingerprint density at radius 1 is 0.604 bits per heavy atom. The smallest absolute Gasteiger partial charge is 0.312 e. The van der Waals surface area contributed by atoms with E-state index in [-0.39, 0.29) is 29.7 Å². The second-order valence-corrected chi connectivity index (χ2v) is 24.5. The fourth-order valence-corrected chi connectivity index (χ4v) is 16.8. The Hall–Kier alpha value is -3.34. The predicted octanol–water partition coefficient (Wildman–Crippen LogP) is 6.21. The Kier molecular flexibility index (Phi) is 10.1. The fourth-order valence-electron chi connectivity index (χ4n) is 7.54. The maximum absolute atomic E-state index is 13.7. The molecule has 0 amide bonds. The third kappa shape index (κ3) is 6.76. The van der Waals surface area contributed by atoms with Gasteiger partial charge in [0, 0.05) is 6.42 Å². The lowest BCUT2D eigenvalue weighted by atomic mass is 9.84. The van der Waals surface area contributed by atoms with E-state index in [1.807, 2.05) is 24.3 Å². The number of esters is 1. The molecule has 4 aromatic rings. The molecule has 0 spiro atoms. The molecule has 4 aromatic carbocycles. The average molecular weight is 681 g/mol. The van der Waals surface area contributed by atoms with Crippen molar-refractivity contribution in [2.75, 3.05) is 13.2 Å². The first kappa shape index (κ1) is 36.0. The Morgan fingerprint density at radius 3 is 1.12 bits per heavy atom. The number of aliphatic hydroxyl groups is 1. The minimum absolute atomic E-state index is 0.136. The molecule has 254 valence electrons. The molecular formula is C41H52O5Si2. The minimum atomic E-state index is -2.99. The van der Waals surface area contributed by atoms with Gasteiger partial charge in [0.15, 0.2) is 5.60 Å². The first-order chi connectivity index (χ1) is 22.6. The molecule has 0 aliphatic carbocycles. The molecule has 1 N–H and O–H groups in total. The molecule has 1 aliphatic heterocycles. The van der Waals surface area contributed by atoms with Crippen molar-refractivity contribution in [2.45, 2.75) is 83.1 Å². The van der Waals surface area contributed by atoms with Gasteiger partial charge in [-0.2, -0.15) is 0 Å². The summed E-state index contributed by atoms with van der Waals surface area (Å²) in [6, 6.07) is 42.0. The van der Waals surface area contributed by atoms with E-state index in [0.29, 0.717) is 0 Å². The van der Waals surface area contributed by atoms with E-state index in [1.54, 1.807) is 13.8 Å². The lowest BCUT2D eigenvalue weighted by molar-refractivity contribution is -0.158. The molecule has 1 unspecified atom stereocenters. The van der Waals surface area contributed by atoms with E-state index in [9.17, 15) is 9.90 Å². The third-order valence-corrected chi connectivity index (χ3v) is 19.9. The Labute approximate surface area is 289 Å². The molecule has 1 aliphatic rings. The quantitative estimate of drug-likeness (QED) is 0.151. The van der Waals surface area contributed by atoms with Gasteiger partial charge in [-0.15, -0.1) is 0 Å². The molecule has 0 saturated carbocycles. The van der Waals surface area contributed by atoms with Crippen LogP contribution in [0, 0.1) is 5.92 Å². The second-order valence-electron chi connectivity index (χ2n) is 15.9. The Morgan fingerprint density at radius 2 is 0.896 bits per heavy atom. The number of rotatable bonds is 11. The van der Waals surface area contributed by atoms with Gasteiger partial charge in [0.2, 0.25) is 0 Å². The van der Waals surface area contributed by atoms with Crippen LogP contribution in [0.1, 0.15) is 61.8 Å². The van der Waals surface area contributed by atoms with E-state index in [1.165, 1.54) is 0 Å². The van der Waals surface area contributed by atoms with Crippen LogP contribution in [0.25, 0.3) is 0 Å². The summed E-state index contributed by atoms with van der Waals surface area (Å²) in [5.41, 5.74) is -2.39. The molecule has 1 saturated heterocycles. The van der Waals surface area contributed by atoms with Crippen LogP contribution in [0.3, 0.4) is 0 Å². The zero-order chi connectivity index (χ0) is 34.8. The minimum Gasteiger partial charge on any atom is -0.454 e. The highest BCUT2D eigenvalue weighted by molar-refractivity contribution is 7.00. The highest BCUT2D eigenvalue weighted by Crippen LogP contribution is 2.44. The van der Waals surface area contributed by atoms with Crippen molar-refractivity contribution in [1.29, 1.82) is 0 Å². The van der Waals surface area contributed by atoms with Gasteiger partial charge in [-0.05, 0) is 44.7 Å². The van der Waals surface area contributed by atoms with Crippen LogP contribution in [0.4, 0.5) is 0 Å². The van der Waals surface area contributed by atoms with E-state index in [4.69, 9.17) is 13.6 Å². The van der Waals surface area contributed by atoms with Crippen molar-refractivity contribution in [2.24, 2.45) is 5.92 Å². The number of benzene rings is 4. The van der Waals surface area contributed by atoms with Gasteiger partial charge in [-0.25, -0.2) is 0 Å². The normalized spacial score (nSPS) is 17.3. The number of ether oxygens (including phenoxy) is 1. The molecule has 5 nitrogen and oxygen atoms in total. The van der Waals surface area contributed by atoms with Gasteiger partial charge in [0.05, 0.1) is 24.7 Å². The molecule has 0 aromatic heterocycles. The van der Waals surface area contributed by atoms with Crippen molar-refractivity contribution in [1.82, 2.24) is 0 Å². The van der Waals surface area contributed by atoms with Gasteiger partial charge in [0.1, 0.15) is 0 Å². The first-order valence-corrected chi connectivity index (χ1v) is 20.8. The molecule has 1 fully saturated rings. The summed E-state index contributed by atoms with van der Waals surface area (Å²) in [6.07, 6.45) is 0.283. The van der Waals surface area contributed by atoms with Crippen molar-refractivity contribution in [3.63, 3.8) is 0 Å². The molecule has 0 radical (unpaired) electrons. The van der Waals surface area contributed by atoms with Gasteiger partial charge in [-0.3, -0.25) is 4.79 Å². The maximum Gasteiger partial charge on any atom is 0.312 e. The van der Waals surface area contributed by atoms with E-state index in [0.717, 1.165) is 20.7 Å². The van der Waals surface area contributed by atoms with Gasteiger partial charge < -0.3 is 18.7 Å². The highest BCUT2D eigenvalue weighted by Gasteiger charge is 2.58. The zero-order valence-corrected chi connectivity index (χ0v) is 31.8. The lowest BCUT2D eigenvalue weighted by Crippen LogP contribution is -2.69. The van der Waals surface area contributed by atoms with E-state index >= 15 is 0 Å². The van der Waals surface area contributed by atoms with E-state index < -0.39 is 39.7 Å². The van der Waals surface area contributed by atoms with Crippen molar-refractivity contribution in [3.05, 3.63) is 121 Å². The molecule has 1 heterocycles. The van der Waals surface area contributed by atoms with Crippen LogP contribution in [0.2, 0.25) is 10.1 Å². The number of carbonyl (C=O) groups excluding carboxylic acids is 1. The molecule has 48 heavy (non-hydrogen) atoms. The number of hydrogen-bond acceptors (Lipinski definition) is 5. The standard InChI is InChI=1S/C41H52O5Si2/c1-38(2,3)47(32-21-13-9-14-22-32,33-23-15-10-16-24-33)44-30-41(29-36(37(42)46-41)40(7,8)43)31-45-48(39(4,5)6,34-25-17-11-18-26-34)35-27-19-12-20-28-35/h9-28,36,43H,29-31H2,1-8H3. The predicted molar refractivity (Wildman–Crippen MR) is 200 cm³/mol. The molecule has 5 rings (SSSR count). The summed E-state index contributed by atoms with van der Waals surface area (Å²) < 4.78 is 21.3.